The van der Waals surface area contributed by atoms with E-state index in [4.69, 9.17) is 9.47 Å². The molecule has 47 heavy (non-hydrogen) atoms. The van der Waals surface area contributed by atoms with Crippen LogP contribution in [0.15, 0.2) is 35.5 Å². The van der Waals surface area contributed by atoms with Gasteiger partial charge in [-0.2, -0.15) is 0 Å². The number of aliphatic hydroxyl groups is 4. The number of hydrogen-bond acceptors (Lipinski definition) is 10. The first-order valence-corrected chi connectivity index (χ1v) is 16.9. The Hall–Kier alpha value is -2.59. The zero-order valence-corrected chi connectivity index (χ0v) is 27.2. The number of halogens is 3. The number of pyridine rings is 1. The average molecular weight is 679 g/mol. The third-order valence-corrected chi connectivity index (χ3v) is 11.8. The van der Waals surface area contributed by atoms with Crippen molar-refractivity contribution in [1.82, 2.24) is 20.0 Å². The normalized spacial score (nSPS) is 33.0. The molecule has 14 heteroatoms. The standard InChI is InChI=1S/C33H41F3N4O6S/c1-18-23(15-33(44)10-8-32(9-11-33)6-3-20(42)4-7-32)37-12-5-26(18)47-31-30(45-2)28(29(43)25(17-41)46-31)40-16-24(38-39-40)19-13-21(34)27(36)22(35)14-19/h5,12-14,16,20,25,28-31,41-44H,3-4,6-11,15,17H2,1-2H3/t20?,25-,28+,29+,30-,31+,32?,33?/m1/s1. The van der Waals surface area contributed by atoms with Crippen LogP contribution >= 0.6 is 11.8 Å². The number of hydrogen-bond donors (Lipinski definition) is 4. The topological polar surface area (TPSA) is 143 Å². The lowest BCUT2D eigenvalue weighted by atomic mass is 9.61. The molecule has 1 aromatic carbocycles. The molecule has 2 aromatic heterocycles. The van der Waals surface area contributed by atoms with Gasteiger partial charge in [-0.05, 0) is 87.5 Å². The summed E-state index contributed by atoms with van der Waals surface area (Å²) >= 11 is 1.33. The highest BCUT2D eigenvalue weighted by Crippen LogP contribution is 2.51. The van der Waals surface area contributed by atoms with Gasteiger partial charge >= 0.3 is 0 Å². The molecule has 2 saturated carbocycles. The molecule has 5 atom stereocenters. The summed E-state index contributed by atoms with van der Waals surface area (Å²) in [6.45, 7) is 1.43. The molecular formula is C33H41F3N4O6S. The van der Waals surface area contributed by atoms with E-state index >= 15 is 0 Å². The van der Waals surface area contributed by atoms with Crippen LogP contribution in [0.2, 0.25) is 0 Å². The number of aromatic nitrogens is 4. The fourth-order valence-corrected chi connectivity index (χ4v) is 8.69. The van der Waals surface area contributed by atoms with Gasteiger partial charge in [-0.25, -0.2) is 17.9 Å². The summed E-state index contributed by atoms with van der Waals surface area (Å²) in [6.07, 6.45) is 6.97. The van der Waals surface area contributed by atoms with Crippen LogP contribution in [0.1, 0.15) is 68.7 Å². The lowest BCUT2D eigenvalue weighted by molar-refractivity contribution is -0.186. The Kier molecular flexibility index (Phi) is 10.0. The zero-order chi connectivity index (χ0) is 33.5. The molecule has 10 nitrogen and oxygen atoms in total. The minimum absolute atomic E-state index is 0.0416. The van der Waals surface area contributed by atoms with E-state index in [1.807, 2.05) is 13.0 Å². The summed E-state index contributed by atoms with van der Waals surface area (Å²) in [4.78, 5) is 5.44. The summed E-state index contributed by atoms with van der Waals surface area (Å²) < 4.78 is 54.6. The first-order valence-electron chi connectivity index (χ1n) is 16.0. The van der Waals surface area contributed by atoms with Gasteiger partial charge in [-0.3, -0.25) is 4.98 Å². The summed E-state index contributed by atoms with van der Waals surface area (Å²) in [5, 5.41) is 51.0. The van der Waals surface area contributed by atoms with Gasteiger partial charge in [0.15, 0.2) is 17.5 Å². The molecule has 3 aromatic rings. The van der Waals surface area contributed by atoms with Crippen LogP contribution in [0.5, 0.6) is 0 Å². The maximum atomic E-state index is 13.9. The average Bonchev–Trinajstić information content (AvgIpc) is 3.55. The number of thioether (sulfide) groups is 1. The van der Waals surface area contributed by atoms with E-state index in [9.17, 15) is 33.6 Å². The second kappa shape index (κ2) is 13.7. The fraction of sp³-hybridized carbons (Fsp3) is 0.606. The Morgan fingerprint density at radius 1 is 1.06 bits per heavy atom. The summed E-state index contributed by atoms with van der Waals surface area (Å²) in [6, 6.07) is 2.54. The molecular weight excluding hydrogens is 637 g/mol. The van der Waals surface area contributed by atoms with E-state index in [1.54, 1.807) is 6.20 Å². The Bertz CT molecular complexity index is 1540. The Morgan fingerprint density at radius 2 is 1.74 bits per heavy atom. The van der Waals surface area contributed by atoms with Crippen molar-refractivity contribution in [1.29, 1.82) is 0 Å². The minimum Gasteiger partial charge on any atom is -0.394 e. The maximum absolute atomic E-state index is 13.9. The summed E-state index contributed by atoms with van der Waals surface area (Å²) in [7, 11) is 1.45. The molecule has 0 unspecified atom stereocenters. The first-order chi connectivity index (χ1) is 22.4. The predicted molar refractivity (Wildman–Crippen MR) is 166 cm³/mol. The van der Waals surface area contributed by atoms with Crippen molar-refractivity contribution in [2.45, 2.75) is 111 Å². The van der Waals surface area contributed by atoms with Gasteiger partial charge in [0.25, 0.3) is 0 Å². The fourth-order valence-electron chi connectivity index (χ4n) is 7.41. The summed E-state index contributed by atoms with van der Waals surface area (Å²) in [5.41, 5.74) is 0.233. The van der Waals surface area contributed by atoms with E-state index in [1.165, 1.54) is 29.8 Å². The van der Waals surface area contributed by atoms with Crippen LogP contribution < -0.4 is 0 Å². The van der Waals surface area contributed by atoms with Gasteiger partial charge in [0.2, 0.25) is 0 Å². The third kappa shape index (κ3) is 6.96. The number of methoxy groups -OCH3 is 1. The van der Waals surface area contributed by atoms with Crippen LogP contribution in [-0.4, -0.2) is 89.6 Å². The van der Waals surface area contributed by atoms with Gasteiger partial charge < -0.3 is 29.9 Å². The van der Waals surface area contributed by atoms with E-state index in [0.717, 1.165) is 66.8 Å². The maximum Gasteiger partial charge on any atom is 0.194 e. The van der Waals surface area contributed by atoms with E-state index < -0.39 is 59.4 Å². The highest BCUT2D eigenvalue weighted by Gasteiger charge is 2.48. The van der Waals surface area contributed by atoms with E-state index in [0.29, 0.717) is 19.3 Å². The molecule has 4 N–H and O–H groups in total. The second-order valence-electron chi connectivity index (χ2n) is 13.4. The van der Waals surface area contributed by atoms with Crippen LogP contribution in [-0.2, 0) is 15.9 Å². The van der Waals surface area contributed by atoms with Crippen LogP contribution in [0.25, 0.3) is 11.3 Å². The molecule has 3 fully saturated rings. The number of nitrogens with zero attached hydrogens (tertiary/aromatic N) is 4. The number of benzene rings is 1. The smallest absolute Gasteiger partial charge is 0.194 e. The van der Waals surface area contributed by atoms with Crippen molar-refractivity contribution in [3.05, 3.63) is 59.3 Å². The van der Waals surface area contributed by atoms with Gasteiger partial charge in [-0.15, -0.1) is 5.10 Å². The number of aliphatic hydroxyl groups excluding tert-OH is 3. The van der Waals surface area contributed by atoms with Crippen molar-refractivity contribution >= 4 is 11.8 Å². The first kappa shape index (κ1) is 34.3. The van der Waals surface area contributed by atoms with Gasteiger partial charge in [0.05, 0.1) is 24.5 Å². The Labute approximate surface area is 275 Å². The SMILES string of the molecule is CO[C@@H]1[C@@H](n2cc(-c3cc(F)c(F)c(F)c3)nn2)[C@@H](O)[C@@H](CO)O[C@H]1Sc1ccnc(CC2(O)CCC3(CCC(O)CC3)CC2)c1C. The minimum atomic E-state index is -1.59. The lowest BCUT2D eigenvalue weighted by Gasteiger charge is -2.47. The van der Waals surface area contributed by atoms with Gasteiger partial charge in [0.1, 0.15) is 35.5 Å². The molecule has 1 aliphatic heterocycles. The Morgan fingerprint density at radius 3 is 2.38 bits per heavy atom. The highest BCUT2D eigenvalue weighted by molar-refractivity contribution is 7.99. The molecule has 1 spiro atoms. The lowest BCUT2D eigenvalue weighted by Crippen LogP contribution is -2.55. The highest BCUT2D eigenvalue weighted by atomic mass is 32.2. The van der Waals surface area contributed by atoms with E-state index in [2.05, 4.69) is 15.3 Å². The van der Waals surface area contributed by atoms with E-state index in [-0.39, 0.29) is 22.8 Å². The summed E-state index contributed by atoms with van der Waals surface area (Å²) in [5.74, 6) is -4.34. The predicted octanol–water partition coefficient (Wildman–Crippen LogP) is 4.26. The molecule has 256 valence electrons. The zero-order valence-electron chi connectivity index (χ0n) is 26.4. The van der Waals surface area contributed by atoms with Crippen molar-refractivity contribution in [3.8, 4) is 11.3 Å². The Balaban J connectivity index is 1.20. The van der Waals surface area contributed by atoms with Crippen molar-refractivity contribution in [2.75, 3.05) is 13.7 Å². The monoisotopic (exact) mass is 678 g/mol. The molecule has 0 bridgehead atoms. The molecule has 3 aliphatic rings. The van der Waals surface area contributed by atoms with Crippen molar-refractivity contribution in [3.63, 3.8) is 0 Å². The second-order valence-corrected chi connectivity index (χ2v) is 14.5. The molecule has 1 saturated heterocycles. The largest absolute Gasteiger partial charge is 0.394 e. The molecule has 2 aliphatic carbocycles. The van der Waals surface area contributed by atoms with Crippen molar-refractivity contribution in [2.24, 2.45) is 5.41 Å². The molecule has 0 radical (unpaired) electrons. The third-order valence-electron chi connectivity index (χ3n) is 10.4. The van der Waals surface area contributed by atoms with Gasteiger partial charge in [-0.1, -0.05) is 17.0 Å². The number of rotatable bonds is 8. The van der Waals surface area contributed by atoms with Crippen LogP contribution in [0, 0.1) is 29.8 Å². The van der Waals surface area contributed by atoms with Gasteiger partial charge in [0, 0.05) is 35.9 Å². The molecule has 3 heterocycles. The molecule has 6 rings (SSSR count). The van der Waals surface area contributed by atoms with Crippen LogP contribution in [0.3, 0.4) is 0 Å². The number of ether oxygens (including phenoxy) is 2. The quantitative estimate of drug-likeness (QED) is 0.255. The van der Waals surface area contributed by atoms with Crippen molar-refractivity contribution < 1.29 is 43.1 Å². The molecule has 0 amide bonds. The van der Waals surface area contributed by atoms with Crippen LogP contribution in [0.4, 0.5) is 13.2 Å².